The first-order chi connectivity index (χ1) is 12.9. The smallest absolute Gasteiger partial charge is 0.541 e. The van der Waals surface area contributed by atoms with Crippen molar-refractivity contribution in [2.45, 2.75) is 30.9 Å². The summed E-state index contributed by atoms with van der Waals surface area (Å²) in [5.74, 6) is 0.929. The topological polar surface area (TPSA) is 43.1 Å². The van der Waals surface area contributed by atoms with Crippen molar-refractivity contribution in [1.29, 1.82) is 0 Å². The van der Waals surface area contributed by atoms with E-state index in [1.165, 1.54) is 37.4 Å². The van der Waals surface area contributed by atoms with Gasteiger partial charge in [0.25, 0.3) is 5.22 Å². The molecule has 3 aromatic rings. The molecule has 2 aromatic carbocycles. The van der Waals surface area contributed by atoms with Crippen molar-refractivity contribution in [2.24, 2.45) is 0 Å². The van der Waals surface area contributed by atoms with Gasteiger partial charge in [-0.3, -0.25) is 6.29 Å². The Kier molecular flexibility index (Phi) is 10.6. The van der Waals surface area contributed by atoms with Crippen molar-refractivity contribution < 1.29 is 60.6 Å². The molecule has 134 valence electrons. The SMILES string of the molecule is O=[C-]CSc1nc(-c2ccccc2)c(-c2ccccc2)o1.[CH-]1CCCC1.[K+]. The molecule has 3 nitrogen and oxygen atoms in total. The normalized spacial score (nSPS) is 12.6. The largest absolute Gasteiger partial charge is 1.00 e. The molecule has 0 N–H and O–H groups in total. The minimum absolute atomic E-state index is 0. The number of hydrogen-bond donors (Lipinski definition) is 0. The van der Waals surface area contributed by atoms with Gasteiger partial charge in [-0.25, -0.2) is 4.98 Å². The summed E-state index contributed by atoms with van der Waals surface area (Å²) >= 11 is 1.24. The van der Waals surface area contributed by atoms with Crippen LogP contribution in [0, 0.1) is 6.42 Å². The van der Waals surface area contributed by atoms with E-state index in [4.69, 9.17) is 4.42 Å². The molecular formula is C22H21KNO2S-. The zero-order chi connectivity index (χ0) is 18.0. The Morgan fingerprint density at radius 1 is 0.963 bits per heavy atom. The second kappa shape index (κ2) is 12.7. The predicted octanol–water partition coefficient (Wildman–Crippen LogP) is 2.98. The molecule has 0 amide bonds. The summed E-state index contributed by atoms with van der Waals surface area (Å²) in [5.41, 5.74) is 2.74. The van der Waals surface area contributed by atoms with Crippen molar-refractivity contribution in [3.05, 3.63) is 67.1 Å². The van der Waals surface area contributed by atoms with Crippen molar-refractivity contribution in [2.75, 3.05) is 5.75 Å². The number of rotatable bonds is 5. The number of aromatic nitrogens is 1. The summed E-state index contributed by atoms with van der Waals surface area (Å²) in [6.07, 6.45) is 9.84. The molecule has 0 aliphatic heterocycles. The summed E-state index contributed by atoms with van der Waals surface area (Å²) < 4.78 is 5.83. The number of nitrogens with zero attached hydrogens (tertiary/aromatic N) is 1. The number of thioether (sulfide) groups is 1. The fourth-order valence-corrected chi connectivity index (χ4v) is 3.23. The second-order valence-corrected chi connectivity index (χ2v) is 6.82. The molecule has 1 aromatic heterocycles. The van der Waals surface area contributed by atoms with Gasteiger partial charge >= 0.3 is 51.4 Å². The Balaban J connectivity index is 0.000000379. The van der Waals surface area contributed by atoms with Crippen LogP contribution in [-0.4, -0.2) is 17.0 Å². The van der Waals surface area contributed by atoms with Crippen LogP contribution in [0.2, 0.25) is 0 Å². The summed E-state index contributed by atoms with van der Waals surface area (Å²) in [4.78, 5) is 14.9. The molecule has 1 saturated carbocycles. The van der Waals surface area contributed by atoms with Gasteiger partial charge in [0.05, 0.1) is 0 Å². The van der Waals surface area contributed by atoms with Crippen molar-refractivity contribution >= 4 is 18.0 Å². The maximum absolute atomic E-state index is 10.4. The van der Waals surface area contributed by atoms with Crippen LogP contribution in [0.25, 0.3) is 22.6 Å². The molecule has 0 bridgehead atoms. The van der Waals surface area contributed by atoms with Gasteiger partial charge in [-0.05, 0) is 0 Å². The van der Waals surface area contributed by atoms with Crippen LogP contribution in [0.1, 0.15) is 25.7 Å². The molecule has 0 radical (unpaired) electrons. The van der Waals surface area contributed by atoms with Crippen LogP contribution < -0.4 is 51.4 Å². The van der Waals surface area contributed by atoms with Crippen LogP contribution in [0.3, 0.4) is 0 Å². The van der Waals surface area contributed by atoms with Gasteiger partial charge in [-0.1, -0.05) is 91.0 Å². The van der Waals surface area contributed by atoms with Crippen molar-refractivity contribution in [3.8, 4) is 22.6 Å². The van der Waals surface area contributed by atoms with Gasteiger partial charge in [0.2, 0.25) is 0 Å². The first kappa shape index (κ1) is 22.6. The maximum Gasteiger partial charge on any atom is 1.00 e. The Morgan fingerprint density at radius 2 is 1.56 bits per heavy atom. The first-order valence-corrected chi connectivity index (χ1v) is 9.78. The molecule has 4 rings (SSSR count). The molecule has 1 aliphatic carbocycles. The van der Waals surface area contributed by atoms with Gasteiger partial charge in [-0.2, -0.15) is 12.8 Å². The molecule has 1 heterocycles. The van der Waals surface area contributed by atoms with E-state index in [9.17, 15) is 4.79 Å². The van der Waals surface area contributed by atoms with E-state index in [0.717, 1.165) is 22.6 Å². The van der Waals surface area contributed by atoms with Crippen molar-refractivity contribution in [1.82, 2.24) is 4.98 Å². The average molecular weight is 403 g/mol. The second-order valence-electron chi connectivity index (χ2n) is 5.90. The van der Waals surface area contributed by atoms with E-state index < -0.39 is 0 Å². The van der Waals surface area contributed by atoms with Gasteiger partial charge in [0.1, 0.15) is 5.69 Å². The monoisotopic (exact) mass is 402 g/mol. The maximum atomic E-state index is 10.4. The van der Waals surface area contributed by atoms with Crippen LogP contribution in [0.15, 0.2) is 70.3 Å². The molecule has 1 fully saturated rings. The molecule has 0 spiro atoms. The Hall–Kier alpha value is -0.694. The number of carbonyl (C=O) groups excluding carboxylic acids is 1. The number of oxazole rings is 1. The Bertz CT molecular complexity index is 737. The summed E-state index contributed by atoms with van der Waals surface area (Å²) in [7, 11) is 0. The van der Waals surface area contributed by atoms with Gasteiger partial charge in [0.15, 0.2) is 5.76 Å². The van der Waals surface area contributed by atoms with Crippen molar-refractivity contribution in [3.63, 3.8) is 0 Å². The van der Waals surface area contributed by atoms with Gasteiger partial charge < -0.3 is 15.6 Å². The third-order valence-electron chi connectivity index (χ3n) is 4.01. The van der Waals surface area contributed by atoms with E-state index >= 15 is 0 Å². The zero-order valence-electron chi connectivity index (χ0n) is 15.6. The molecule has 0 unspecified atom stereocenters. The first-order valence-electron chi connectivity index (χ1n) is 8.79. The van der Waals surface area contributed by atoms with E-state index in [2.05, 4.69) is 11.4 Å². The number of benzene rings is 2. The molecule has 1 aliphatic rings. The average Bonchev–Trinajstić information content (AvgIpc) is 3.41. The molecule has 0 atom stereocenters. The van der Waals surface area contributed by atoms with Crippen LogP contribution in [0.4, 0.5) is 0 Å². The van der Waals surface area contributed by atoms with Gasteiger partial charge in [-0.15, -0.1) is 0 Å². The van der Waals surface area contributed by atoms with Crippen LogP contribution >= 0.6 is 11.8 Å². The summed E-state index contributed by atoms with van der Waals surface area (Å²) in [6, 6.07) is 19.7. The third kappa shape index (κ3) is 7.00. The third-order valence-corrected chi connectivity index (χ3v) is 4.70. The molecular weight excluding hydrogens is 381 g/mol. The van der Waals surface area contributed by atoms with Crippen LogP contribution in [0.5, 0.6) is 0 Å². The Labute approximate surface area is 207 Å². The predicted molar refractivity (Wildman–Crippen MR) is 107 cm³/mol. The van der Waals surface area contributed by atoms with E-state index in [-0.39, 0.29) is 57.1 Å². The summed E-state index contributed by atoms with van der Waals surface area (Å²) in [5, 5.41) is 0.482. The van der Waals surface area contributed by atoms with Crippen LogP contribution in [-0.2, 0) is 4.79 Å². The fourth-order valence-electron chi connectivity index (χ4n) is 2.75. The van der Waals surface area contributed by atoms with Gasteiger partial charge in [0, 0.05) is 11.1 Å². The molecule has 27 heavy (non-hydrogen) atoms. The summed E-state index contributed by atoms with van der Waals surface area (Å²) in [6.45, 7) is 0. The van der Waals surface area contributed by atoms with E-state index in [0.29, 0.717) is 5.22 Å². The fraction of sp³-hybridized carbons (Fsp3) is 0.227. The van der Waals surface area contributed by atoms with E-state index in [1.807, 2.05) is 66.9 Å². The standard InChI is InChI=1S/C17H12NO2S.C5H9.K/c19-11-12-21-17-18-15(13-7-3-1-4-8-13)16(20-17)14-9-5-2-6-10-14;1-2-4-5-3-1;/h1-10H,12H2;1H,2-5H2;/q2*-1;+1. The zero-order valence-corrected chi connectivity index (χ0v) is 19.5. The minimum Gasteiger partial charge on any atom is -0.541 e. The minimum atomic E-state index is 0. The molecule has 0 saturated heterocycles. The Morgan fingerprint density at radius 3 is 2.07 bits per heavy atom. The molecule has 5 heteroatoms. The number of hydrogen-bond acceptors (Lipinski definition) is 4. The van der Waals surface area contributed by atoms with E-state index in [1.54, 1.807) is 0 Å². The quantitative estimate of drug-likeness (QED) is 0.374.